The number of hydrogen-bond acceptors (Lipinski definition) is 3. The van der Waals surface area contributed by atoms with Gasteiger partial charge in [0.2, 0.25) is 11.9 Å². The number of nitrogens with zero attached hydrogens (tertiary/aromatic N) is 4. The summed E-state index contributed by atoms with van der Waals surface area (Å²) >= 11 is 0. The van der Waals surface area contributed by atoms with E-state index in [9.17, 15) is 4.79 Å². The largest absolute Gasteiger partial charge is 0.277 e. The van der Waals surface area contributed by atoms with Gasteiger partial charge in [-0.1, -0.05) is 76.3 Å². The molecule has 0 N–H and O–H groups in total. The number of aromatic nitrogens is 3. The molecule has 2 atom stereocenters. The third kappa shape index (κ3) is 3.17. The molecule has 1 spiro atoms. The van der Waals surface area contributed by atoms with Gasteiger partial charge >= 0.3 is 0 Å². The Hall–Kier alpha value is -2.17. The van der Waals surface area contributed by atoms with Crippen LogP contribution in [0.4, 0.5) is 5.95 Å². The van der Waals surface area contributed by atoms with Gasteiger partial charge < -0.3 is 0 Å². The van der Waals surface area contributed by atoms with E-state index in [1.165, 1.54) is 51.4 Å². The van der Waals surface area contributed by atoms with Crippen molar-refractivity contribution in [1.29, 1.82) is 0 Å². The van der Waals surface area contributed by atoms with E-state index < -0.39 is 0 Å². The first-order valence-corrected chi connectivity index (χ1v) is 12.0. The standard InChI is InChI=1S/C25H34N4O/c1-18(2)17-22(30)28-21-14-8-7-13-20(21)25(15-9-4-10-16-25)29-24(28)26-23(27-29)19-11-5-3-6-12-19/h3,5-6,11-12,18,20-21H,4,7-10,13-17H2,1-2H3. The third-order valence-corrected chi connectivity index (χ3v) is 7.58. The van der Waals surface area contributed by atoms with Crippen LogP contribution in [0.15, 0.2) is 30.3 Å². The Morgan fingerprint density at radius 2 is 1.80 bits per heavy atom. The number of carbonyl (C=O) groups excluding carboxylic acids is 1. The zero-order valence-corrected chi connectivity index (χ0v) is 18.4. The molecule has 5 rings (SSSR count). The molecule has 1 amide bonds. The highest BCUT2D eigenvalue weighted by Gasteiger charge is 2.55. The van der Waals surface area contributed by atoms with Gasteiger partial charge in [0, 0.05) is 23.9 Å². The number of rotatable bonds is 3. The van der Waals surface area contributed by atoms with Crippen LogP contribution in [0.2, 0.25) is 0 Å². The molecule has 1 aromatic carbocycles. The first kappa shape index (κ1) is 19.8. The van der Waals surface area contributed by atoms with E-state index in [-0.39, 0.29) is 17.5 Å². The van der Waals surface area contributed by atoms with Crippen molar-refractivity contribution in [2.45, 2.75) is 89.6 Å². The van der Waals surface area contributed by atoms with Crippen LogP contribution in [0, 0.1) is 11.8 Å². The summed E-state index contributed by atoms with van der Waals surface area (Å²) in [5.74, 6) is 2.64. The van der Waals surface area contributed by atoms with Crippen LogP contribution < -0.4 is 4.90 Å². The molecular formula is C25H34N4O. The van der Waals surface area contributed by atoms with E-state index >= 15 is 0 Å². The maximum absolute atomic E-state index is 13.5. The minimum absolute atomic E-state index is 0.0350. The smallest absolute Gasteiger partial charge is 0.231 e. The molecule has 0 saturated heterocycles. The predicted molar refractivity (Wildman–Crippen MR) is 119 cm³/mol. The number of hydrogen-bond donors (Lipinski definition) is 0. The molecular weight excluding hydrogens is 372 g/mol. The zero-order valence-electron chi connectivity index (χ0n) is 18.4. The average molecular weight is 407 g/mol. The molecule has 2 aromatic rings. The van der Waals surface area contributed by atoms with E-state index in [1.54, 1.807) is 0 Å². The van der Waals surface area contributed by atoms with Crippen LogP contribution in [-0.2, 0) is 10.3 Å². The molecule has 5 heteroatoms. The van der Waals surface area contributed by atoms with Crippen LogP contribution in [0.1, 0.15) is 78.1 Å². The van der Waals surface area contributed by atoms with Gasteiger partial charge in [0.1, 0.15) is 0 Å². The van der Waals surface area contributed by atoms with Crippen LogP contribution in [0.3, 0.4) is 0 Å². The Labute approximate surface area is 179 Å². The number of carbonyl (C=O) groups is 1. The summed E-state index contributed by atoms with van der Waals surface area (Å²) in [6, 6.07) is 10.5. The van der Waals surface area contributed by atoms with Crippen LogP contribution in [0.5, 0.6) is 0 Å². The van der Waals surface area contributed by atoms with Crippen molar-refractivity contribution in [3.63, 3.8) is 0 Å². The summed E-state index contributed by atoms with van der Waals surface area (Å²) in [4.78, 5) is 20.6. The maximum Gasteiger partial charge on any atom is 0.231 e. The van der Waals surface area contributed by atoms with Crippen molar-refractivity contribution >= 4 is 11.9 Å². The Bertz CT molecular complexity index is 897. The molecule has 2 saturated carbocycles. The van der Waals surface area contributed by atoms with Crippen LogP contribution >= 0.6 is 0 Å². The van der Waals surface area contributed by atoms with E-state index in [0.29, 0.717) is 18.3 Å². The van der Waals surface area contributed by atoms with Gasteiger partial charge in [-0.2, -0.15) is 4.98 Å². The quantitative estimate of drug-likeness (QED) is 0.671. The first-order valence-electron chi connectivity index (χ1n) is 12.0. The molecule has 2 aliphatic carbocycles. The number of anilines is 1. The maximum atomic E-state index is 13.5. The molecule has 3 aliphatic rings. The number of benzene rings is 1. The predicted octanol–water partition coefficient (Wildman–Crippen LogP) is 5.56. The van der Waals surface area contributed by atoms with Crippen molar-refractivity contribution in [3.8, 4) is 11.4 Å². The summed E-state index contributed by atoms with van der Waals surface area (Å²) in [5, 5.41) is 5.11. The molecule has 5 nitrogen and oxygen atoms in total. The highest BCUT2D eigenvalue weighted by atomic mass is 16.2. The van der Waals surface area contributed by atoms with Gasteiger partial charge in [-0.25, -0.2) is 4.68 Å². The molecule has 0 radical (unpaired) electrons. The molecule has 1 aliphatic heterocycles. The van der Waals surface area contributed by atoms with E-state index in [1.807, 2.05) is 18.2 Å². The fourth-order valence-electron chi connectivity index (χ4n) is 6.31. The molecule has 2 unspecified atom stereocenters. The second kappa shape index (κ2) is 7.82. The first-order chi connectivity index (χ1) is 14.6. The van der Waals surface area contributed by atoms with E-state index in [4.69, 9.17) is 10.1 Å². The van der Waals surface area contributed by atoms with Crippen molar-refractivity contribution in [2.24, 2.45) is 11.8 Å². The normalized spacial score (nSPS) is 25.2. The fraction of sp³-hybridized carbons (Fsp3) is 0.640. The van der Waals surface area contributed by atoms with Gasteiger partial charge in [0.15, 0.2) is 5.82 Å². The summed E-state index contributed by atoms with van der Waals surface area (Å²) in [6.45, 7) is 4.26. The zero-order chi connectivity index (χ0) is 20.7. The SMILES string of the molecule is CC(C)CC(=O)N1c2nc(-c3ccccc3)nn2C2(CCCCC2)C2CCCCC21. The lowest BCUT2D eigenvalue weighted by molar-refractivity contribution is -0.121. The van der Waals surface area contributed by atoms with Gasteiger partial charge in [-0.05, 0) is 31.6 Å². The summed E-state index contributed by atoms with van der Waals surface area (Å²) < 4.78 is 2.22. The Morgan fingerprint density at radius 3 is 2.53 bits per heavy atom. The molecule has 160 valence electrons. The summed E-state index contributed by atoms with van der Waals surface area (Å²) in [7, 11) is 0. The van der Waals surface area contributed by atoms with Gasteiger partial charge in [0.05, 0.1) is 5.54 Å². The number of fused-ring (bicyclic) bond motifs is 4. The Kier molecular flexibility index (Phi) is 5.16. The van der Waals surface area contributed by atoms with Gasteiger partial charge in [-0.15, -0.1) is 5.10 Å². The Balaban J connectivity index is 1.67. The van der Waals surface area contributed by atoms with E-state index in [0.717, 1.165) is 23.8 Å². The van der Waals surface area contributed by atoms with Crippen molar-refractivity contribution in [1.82, 2.24) is 14.8 Å². The highest BCUT2D eigenvalue weighted by molar-refractivity contribution is 5.93. The van der Waals surface area contributed by atoms with Crippen molar-refractivity contribution in [3.05, 3.63) is 30.3 Å². The topological polar surface area (TPSA) is 51.0 Å². The van der Waals surface area contributed by atoms with Crippen molar-refractivity contribution < 1.29 is 4.79 Å². The lowest BCUT2D eigenvalue weighted by atomic mass is 9.64. The third-order valence-electron chi connectivity index (χ3n) is 7.58. The molecule has 2 fully saturated rings. The summed E-state index contributed by atoms with van der Waals surface area (Å²) in [6.07, 6.45) is 11.5. The van der Waals surface area contributed by atoms with Crippen molar-refractivity contribution in [2.75, 3.05) is 4.90 Å². The second-order valence-corrected chi connectivity index (χ2v) is 10.00. The second-order valence-electron chi connectivity index (χ2n) is 10.00. The van der Waals surface area contributed by atoms with Gasteiger partial charge in [-0.3, -0.25) is 9.69 Å². The monoisotopic (exact) mass is 406 g/mol. The van der Waals surface area contributed by atoms with Crippen LogP contribution in [0.25, 0.3) is 11.4 Å². The minimum atomic E-state index is 0.0350. The number of amides is 1. The van der Waals surface area contributed by atoms with Gasteiger partial charge in [0.25, 0.3) is 0 Å². The minimum Gasteiger partial charge on any atom is -0.277 e. The molecule has 0 bridgehead atoms. The summed E-state index contributed by atoms with van der Waals surface area (Å²) in [5.41, 5.74) is 1.07. The van der Waals surface area contributed by atoms with E-state index in [2.05, 4.69) is 35.6 Å². The lowest BCUT2D eigenvalue weighted by Crippen LogP contribution is -2.61. The molecule has 1 aromatic heterocycles. The molecule has 30 heavy (non-hydrogen) atoms. The lowest BCUT2D eigenvalue weighted by Gasteiger charge is -2.55. The fourth-order valence-corrected chi connectivity index (χ4v) is 6.31. The highest BCUT2D eigenvalue weighted by Crippen LogP contribution is 2.53. The Morgan fingerprint density at radius 1 is 1.07 bits per heavy atom. The average Bonchev–Trinajstić information content (AvgIpc) is 3.21. The molecule has 2 heterocycles. The van der Waals surface area contributed by atoms with Crippen LogP contribution in [-0.4, -0.2) is 26.7 Å².